The van der Waals surface area contributed by atoms with Gasteiger partial charge >= 0.3 is 0 Å². The largest absolute Gasteiger partial charge is 0.352 e. The second-order valence-electron chi connectivity index (χ2n) is 5.30. The Hall–Kier alpha value is -1.16. The number of carbonyl (C=O) groups excluding carboxylic acids is 1. The SMILES string of the molecule is O=C(NCC1CCCCC1CCl)c1ccc(F)c(F)c1. The third kappa shape index (κ3) is 3.69. The van der Waals surface area contributed by atoms with E-state index < -0.39 is 11.6 Å². The molecule has 1 aliphatic carbocycles. The fourth-order valence-corrected chi connectivity index (χ4v) is 3.13. The van der Waals surface area contributed by atoms with Crippen molar-refractivity contribution < 1.29 is 13.6 Å². The van der Waals surface area contributed by atoms with Gasteiger partial charge in [0.1, 0.15) is 0 Å². The molecule has 1 fully saturated rings. The van der Waals surface area contributed by atoms with E-state index in [2.05, 4.69) is 5.32 Å². The van der Waals surface area contributed by atoms with Crippen LogP contribution in [0, 0.1) is 23.5 Å². The molecule has 2 rings (SSSR count). The fourth-order valence-electron chi connectivity index (χ4n) is 2.72. The summed E-state index contributed by atoms with van der Waals surface area (Å²) < 4.78 is 25.9. The summed E-state index contributed by atoms with van der Waals surface area (Å²) in [6.07, 6.45) is 4.48. The number of hydrogen-bond acceptors (Lipinski definition) is 1. The van der Waals surface area contributed by atoms with Gasteiger partial charge in [0.05, 0.1) is 0 Å². The predicted octanol–water partition coefficient (Wildman–Crippen LogP) is 3.74. The van der Waals surface area contributed by atoms with E-state index in [-0.39, 0.29) is 11.5 Å². The average Bonchev–Trinajstić information content (AvgIpc) is 2.47. The van der Waals surface area contributed by atoms with Crippen LogP contribution in [0.3, 0.4) is 0 Å². The maximum atomic E-state index is 13.1. The zero-order valence-electron chi connectivity index (χ0n) is 11.2. The fraction of sp³-hybridized carbons (Fsp3) is 0.533. The summed E-state index contributed by atoms with van der Waals surface area (Å²) in [5.41, 5.74) is 0.141. The molecule has 2 unspecified atom stereocenters. The molecule has 0 heterocycles. The summed E-state index contributed by atoms with van der Waals surface area (Å²) in [5, 5.41) is 2.79. The molecule has 1 N–H and O–H groups in total. The number of hydrogen-bond donors (Lipinski definition) is 1. The highest BCUT2D eigenvalue weighted by Crippen LogP contribution is 2.30. The van der Waals surface area contributed by atoms with Crippen LogP contribution in [0.5, 0.6) is 0 Å². The number of carbonyl (C=O) groups is 1. The smallest absolute Gasteiger partial charge is 0.251 e. The van der Waals surface area contributed by atoms with Crippen LogP contribution < -0.4 is 5.32 Å². The minimum Gasteiger partial charge on any atom is -0.352 e. The minimum absolute atomic E-state index is 0.141. The van der Waals surface area contributed by atoms with Crippen molar-refractivity contribution >= 4 is 17.5 Å². The number of benzene rings is 1. The highest BCUT2D eigenvalue weighted by molar-refractivity contribution is 6.18. The molecular formula is C15H18ClF2NO. The van der Waals surface area contributed by atoms with Gasteiger partial charge in [-0.1, -0.05) is 12.8 Å². The van der Waals surface area contributed by atoms with Gasteiger partial charge in [0.15, 0.2) is 11.6 Å². The van der Waals surface area contributed by atoms with E-state index in [9.17, 15) is 13.6 Å². The van der Waals surface area contributed by atoms with Crippen LogP contribution in [0.15, 0.2) is 18.2 Å². The van der Waals surface area contributed by atoms with Gasteiger partial charge in [0.2, 0.25) is 0 Å². The molecule has 1 saturated carbocycles. The van der Waals surface area contributed by atoms with Crippen molar-refractivity contribution in [2.24, 2.45) is 11.8 Å². The van der Waals surface area contributed by atoms with Gasteiger partial charge in [-0.2, -0.15) is 0 Å². The van der Waals surface area contributed by atoms with Crippen LogP contribution in [0.1, 0.15) is 36.0 Å². The molecule has 2 nitrogen and oxygen atoms in total. The van der Waals surface area contributed by atoms with Crippen molar-refractivity contribution in [3.05, 3.63) is 35.4 Å². The predicted molar refractivity (Wildman–Crippen MR) is 74.9 cm³/mol. The van der Waals surface area contributed by atoms with Crippen LogP contribution in [0.4, 0.5) is 8.78 Å². The molecule has 1 amide bonds. The first-order chi connectivity index (χ1) is 9.61. The van der Waals surface area contributed by atoms with E-state index in [4.69, 9.17) is 11.6 Å². The molecular weight excluding hydrogens is 284 g/mol. The summed E-state index contributed by atoms with van der Waals surface area (Å²) >= 11 is 5.94. The molecule has 0 aliphatic heterocycles. The Morgan fingerprint density at radius 1 is 1.20 bits per heavy atom. The Morgan fingerprint density at radius 2 is 1.90 bits per heavy atom. The number of nitrogens with one attached hydrogen (secondary N) is 1. The van der Waals surface area contributed by atoms with Gasteiger partial charge in [0, 0.05) is 18.0 Å². The van der Waals surface area contributed by atoms with E-state index in [1.807, 2.05) is 0 Å². The maximum Gasteiger partial charge on any atom is 0.251 e. The lowest BCUT2D eigenvalue weighted by atomic mass is 9.80. The van der Waals surface area contributed by atoms with E-state index in [0.29, 0.717) is 24.3 Å². The lowest BCUT2D eigenvalue weighted by Crippen LogP contribution is -2.34. The Balaban J connectivity index is 1.92. The third-order valence-electron chi connectivity index (χ3n) is 3.97. The monoisotopic (exact) mass is 301 g/mol. The van der Waals surface area contributed by atoms with Gasteiger partial charge in [-0.25, -0.2) is 8.78 Å². The van der Waals surface area contributed by atoms with Crippen molar-refractivity contribution in [1.29, 1.82) is 0 Å². The Kier molecular flexibility index (Phi) is 5.35. The van der Waals surface area contributed by atoms with Gasteiger partial charge in [-0.15, -0.1) is 11.6 Å². The molecule has 2 atom stereocenters. The molecule has 0 radical (unpaired) electrons. The Bertz CT molecular complexity index is 481. The quantitative estimate of drug-likeness (QED) is 0.843. The molecule has 1 aliphatic rings. The van der Waals surface area contributed by atoms with Crippen molar-refractivity contribution in [3.8, 4) is 0 Å². The van der Waals surface area contributed by atoms with E-state index in [1.54, 1.807) is 0 Å². The standard InChI is InChI=1S/C15H18ClF2NO/c16-8-11-3-1-2-4-12(11)9-19-15(20)10-5-6-13(17)14(18)7-10/h5-7,11-12H,1-4,8-9H2,(H,19,20). The lowest BCUT2D eigenvalue weighted by molar-refractivity contribution is 0.0936. The zero-order valence-corrected chi connectivity index (χ0v) is 11.9. The molecule has 0 saturated heterocycles. The molecule has 20 heavy (non-hydrogen) atoms. The summed E-state index contributed by atoms with van der Waals surface area (Å²) in [7, 11) is 0. The summed E-state index contributed by atoms with van der Waals surface area (Å²) in [4.78, 5) is 11.9. The number of halogens is 3. The highest BCUT2D eigenvalue weighted by Gasteiger charge is 2.24. The first-order valence-electron chi connectivity index (χ1n) is 6.91. The third-order valence-corrected chi connectivity index (χ3v) is 4.37. The van der Waals surface area contributed by atoms with Crippen molar-refractivity contribution in [2.75, 3.05) is 12.4 Å². The molecule has 0 aromatic heterocycles. The van der Waals surface area contributed by atoms with Gasteiger partial charge in [-0.05, 0) is 42.9 Å². The second kappa shape index (κ2) is 7.02. The number of rotatable bonds is 4. The van der Waals surface area contributed by atoms with Crippen LogP contribution in [-0.4, -0.2) is 18.3 Å². The molecule has 1 aromatic carbocycles. The summed E-state index contributed by atoms with van der Waals surface area (Å²) in [6, 6.07) is 3.17. The Labute approximate surface area is 122 Å². The maximum absolute atomic E-state index is 13.1. The Morgan fingerprint density at radius 3 is 2.55 bits per heavy atom. The van der Waals surface area contributed by atoms with Gasteiger partial charge < -0.3 is 5.32 Å². The topological polar surface area (TPSA) is 29.1 Å². The van der Waals surface area contributed by atoms with Gasteiger partial charge in [-0.3, -0.25) is 4.79 Å². The normalized spacial score (nSPS) is 22.6. The molecule has 0 bridgehead atoms. The number of amides is 1. The van der Waals surface area contributed by atoms with Crippen molar-refractivity contribution in [1.82, 2.24) is 5.32 Å². The van der Waals surface area contributed by atoms with Gasteiger partial charge in [0.25, 0.3) is 5.91 Å². The van der Waals surface area contributed by atoms with Crippen LogP contribution >= 0.6 is 11.6 Å². The van der Waals surface area contributed by atoms with Crippen molar-refractivity contribution in [3.63, 3.8) is 0 Å². The zero-order chi connectivity index (χ0) is 14.5. The second-order valence-corrected chi connectivity index (χ2v) is 5.61. The molecule has 1 aromatic rings. The van der Waals surface area contributed by atoms with E-state index >= 15 is 0 Å². The molecule has 110 valence electrons. The van der Waals surface area contributed by atoms with E-state index in [1.165, 1.54) is 12.5 Å². The summed E-state index contributed by atoms with van der Waals surface area (Å²) in [6.45, 7) is 0.537. The van der Waals surface area contributed by atoms with E-state index in [0.717, 1.165) is 31.4 Å². The van der Waals surface area contributed by atoms with Crippen LogP contribution in [0.25, 0.3) is 0 Å². The molecule has 0 spiro atoms. The minimum atomic E-state index is -1.01. The van der Waals surface area contributed by atoms with Crippen LogP contribution in [0.2, 0.25) is 0 Å². The highest BCUT2D eigenvalue weighted by atomic mass is 35.5. The van der Waals surface area contributed by atoms with Crippen molar-refractivity contribution in [2.45, 2.75) is 25.7 Å². The lowest BCUT2D eigenvalue weighted by Gasteiger charge is -2.30. The average molecular weight is 302 g/mol. The van der Waals surface area contributed by atoms with Crippen LogP contribution in [-0.2, 0) is 0 Å². The first kappa shape index (κ1) is 15.2. The molecule has 5 heteroatoms. The number of alkyl halides is 1. The first-order valence-corrected chi connectivity index (χ1v) is 7.44. The summed E-state index contributed by atoms with van der Waals surface area (Å²) in [5.74, 6) is -0.926.